The summed E-state index contributed by atoms with van der Waals surface area (Å²) >= 11 is 3.17. The molecule has 0 radical (unpaired) electrons. The first-order valence-electron chi connectivity index (χ1n) is 3.94. The minimum absolute atomic E-state index is 0.210. The Bertz CT molecular complexity index is 495. The van der Waals surface area contributed by atoms with Crippen LogP contribution in [0.5, 0.6) is 0 Å². The first kappa shape index (κ1) is 9.08. The molecule has 0 fully saturated rings. The van der Waals surface area contributed by atoms with Gasteiger partial charge in [-0.2, -0.15) is 9.78 Å². The number of rotatable bonds is 1. The second-order valence-electron chi connectivity index (χ2n) is 2.61. The van der Waals surface area contributed by atoms with Crippen LogP contribution in [0.15, 0.2) is 45.9 Å². The molecule has 70 valence electrons. The van der Waals surface area contributed by atoms with Crippen molar-refractivity contribution in [1.82, 2.24) is 14.8 Å². The van der Waals surface area contributed by atoms with Crippen LogP contribution in [-0.4, -0.2) is 14.8 Å². The highest BCUT2D eigenvalue weighted by atomic mass is 79.9. The van der Waals surface area contributed by atoms with Crippen molar-refractivity contribution in [2.75, 3.05) is 0 Å². The summed E-state index contributed by atoms with van der Waals surface area (Å²) in [7, 11) is 0. The maximum atomic E-state index is 11.5. The molecule has 2 heterocycles. The summed E-state index contributed by atoms with van der Waals surface area (Å²) in [5.74, 6) is 0.519. The van der Waals surface area contributed by atoms with E-state index in [0.29, 0.717) is 10.3 Å². The zero-order valence-electron chi connectivity index (χ0n) is 7.09. The summed E-state index contributed by atoms with van der Waals surface area (Å²) in [5, 5.41) is 3.94. The maximum Gasteiger partial charge on any atom is 0.274 e. The van der Waals surface area contributed by atoms with Gasteiger partial charge in [-0.3, -0.25) is 4.79 Å². The standard InChI is InChI=1S/C9H6BrN3O/c10-7-5-9(14)13(12-6-7)8-3-1-2-4-11-8/h1-6H. The van der Waals surface area contributed by atoms with E-state index in [0.717, 1.165) is 0 Å². The Balaban J connectivity index is 2.59. The third kappa shape index (κ3) is 1.72. The van der Waals surface area contributed by atoms with Gasteiger partial charge < -0.3 is 0 Å². The molecule has 0 aliphatic heterocycles. The van der Waals surface area contributed by atoms with Crippen molar-refractivity contribution in [3.8, 4) is 5.82 Å². The maximum absolute atomic E-state index is 11.5. The van der Waals surface area contributed by atoms with Crippen LogP contribution >= 0.6 is 15.9 Å². The molecular formula is C9H6BrN3O. The van der Waals surface area contributed by atoms with Gasteiger partial charge in [0.2, 0.25) is 0 Å². The van der Waals surface area contributed by atoms with Gasteiger partial charge in [0, 0.05) is 16.7 Å². The number of halogens is 1. The summed E-state index contributed by atoms with van der Waals surface area (Å²) in [6, 6.07) is 6.76. The monoisotopic (exact) mass is 251 g/mol. The van der Waals surface area contributed by atoms with Crippen molar-refractivity contribution >= 4 is 15.9 Å². The van der Waals surface area contributed by atoms with Crippen molar-refractivity contribution in [3.05, 3.63) is 51.5 Å². The summed E-state index contributed by atoms with van der Waals surface area (Å²) in [6.07, 6.45) is 3.17. The van der Waals surface area contributed by atoms with E-state index in [1.165, 1.54) is 10.7 Å². The van der Waals surface area contributed by atoms with Gasteiger partial charge in [-0.25, -0.2) is 4.98 Å². The molecule has 2 aromatic rings. The molecule has 0 unspecified atom stereocenters. The second kappa shape index (κ2) is 3.71. The molecule has 0 saturated heterocycles. The van der Waals surface area contributed by atoms with Gasteiger partial charge in [-0.1, -0.05) is 6.07 Å². The lowest BCUT2D eigenvalue weighted by Gasteiger charge is -2.01. The van der Waals surface area contributed by atoms with E-state index in [9.17, 15) is 4.79 Å². The Morgan fingerprint density at radius 3 is 2.86 bits per heavy atom. The Labute approximate surface area is 88.4 Å². The topological polar surface area (TPSA) is 47.8 Å². The van der Waals surface area contributed by atoms with Crippen molar-refractivity contribution in [2.45, 2.75) is 0 Å². The average molecular weight is 252 g/mol. The second-order valence-corrected chi connectivity index (χ2v) is 3.53. The zero-order valence-corrected chi connectivity index (χ0v) is 8.68. The third-order valence-electron chi connectivity index (χ3n) is 1.63. The van der Waals surface area contributed by atoms with Crippen molar-refractivity contribution in [2.24, 2.45) is 0 Å². The van der Waals surface area contributed by atoms with Crippen LogP contribution in [0.2, 0.25) is 0 Å². The number of nitrogens with zero attached hydrogens (tertiary/aromatic N) is 3. The van der Waals surface area contributed by atoms with Crippen LogP contribution in [0.3, 0.4) is 0 Å². The number of pyridine rings is 1. The van der Waals surface area contributed by atoms with Crippen LogP contribution < -0.4 is 5.56 Å². The number of hydrogen-bond donors (Lipinski definition) is 0. The largest absolute Gasteiger partial charge is 0.274 e. The van der Waals surface area contributed by atoms with Crippen molar-refractivity contribution in [3.63, 3.8) is 0 Å². The predicted octanol–water partition coefficient (Wildman–Crippen LogP) is 1.39. The Hall–Kier alpha value is -1.49. The van der Waals surface area contributed by atoms with E-state index >= 15 is 0 Å². The molecule has 0 bridgehead atoms. The fourth-order valence-corrected chi connectivity index (χ4v) is 1.32. The molecule has 0 amide bonds. The Morgan fingerprint density at radius 2 is 2.21 bits per heavy atom. The van der Waals surface area contributed by atoms with Gasteiger partial charge in [0.1, 0.15) is 0 Å². The summed E-state index contributed by atoms with van der Waals surface area (Å²) < 4.78 is 1.90. The van der Waals surface area contributed by atoms with E-state index in [1.807, 2.05) is 0 Å². The first-order chi connectivity index (χ1) is 6.77. The minimum Gasteiger partial charge on any atom is -0.267 e. The molecule has 2 aromatic heterocycles. The van der Waals surface area contributed by atoms with Crippen LogP contribution in [0, 0.1) is 0 Å². The van der Waals surface area contributed by atoms with E-state index in [2.05, 4.69) is 26.0 Å². The molecular weight excluding hydrogens is 246 g/mol. The smallest absolute Gasteiger partial charge is 0.267 e. The molecule has 4 nitrogen and oxygen atoms in total. The highest BCUT2D eigenvalue weighted by molar-refractivity contribution is 9.10. The highest BCUT2D eigenvalue weighted by Gasteiger charge is 2.00. The number of aromatic nitrogens is 3. The van der Waals surface area contributed by atoms with Crippen LogP contribution in [0.25, 0.3) is 5.82 Å². The van der Waals surface area contributed by atoms with Crippen LogP contribution in [0.1, 0.15) is 0 Å². The fourth-order valence-electron chi connectivity index (χ4n) is 1.04. The third-order valence-corrected chi connectivity index (χ3v) is 2.07. The average Bonchev–Trinajstić information content (AvgIpc) is 2.19. The lowest BCUT2D eigenvalue weighted by molar-refractivity contribution is 0.778. The lowest BCUT2D eigenvalue weighted by Crippen LogP contribution is -2.20. The van der Waals surface area contributed by atoms with Crippen molar-refractivity contribution in [1.29, 1.82) is 0 Å². The normalized spacial score (nSPS) is 10.1. The van der Waals surface area contributed by atoms with Crippen molar-refractivity contribution < 1.29 is 0 Å². The molecule has 0 aliphatic rings. The molecule has 14 heavy (non-hydrogen) atoms. The van der Waals surface area contributed by atoms with Gasteiger partial charge in [-0.15, -0.1) is 0 Å². The lowest BCUT2D eigenvalue weighted by atomic mass is 10.4. The van der Waals surface area contributed by atoms with Crippen LogP contribution in [-0.2, 0) is 0 Å². The van der Waals surface area contributed by atoms with E-state index in [4.69, 9.17) is 0 Å². The van der Waals surface area contributed by atoms with Crippen LogP contribution in [0.4, 0.5) is 0 Å². The Morgan fingerprint density at radius 1 is 1.36 bits per heavy atom. The summed E-state index contributed by atoms with van der Waals surface area (Å²) in [6.45, 7) is 0. The molecule has 0 spiro atoms. The molecule has 0 aliphatic carbocycles. The first-order valence-corrected chi connectivity index (χ1v) is 4.73. The number of hydrogen-bond acceptors (Lipinski definition) is 3. The summed E-state index contributed by atoms with van der Waals surface area (Å²) in [4.78, 5) is 15.5. The molecule has 2 rings (SSSR count). The van der Waals surface area contributed by atoms with E-state index in [1.54, 1.807) is 30.6 Å². The van der Waals surface area contributed by atoms with Gasteiger partial charge >= 0.3 is 0 Å². The van der Waals surface area contributed by atoms with Gasteiger partial charge in [0.25, 0.3) is 5.56 Å². The minimum atomic E-state index is -0.210. The van der Waals surface area contributed by atoms with E-state index in [-0.39, 0.29) is 5.56 Å². The fraction of sp³-hybridized carbons (Fsp3) is 0. The van der Waals surface area contributed by atoms with Gasteiger partial charge in [0.05, 0.1) is 6.20 Å². The molecule has 0 saturated carbocycles. The highest BCUT2D eigenvalue weighted by Crippen LogP contribution is 2.03. The molecule has 0 atom stereocenters. The van der Waals surface area contributed by atoms with E-state index < -0.39 is 0 Å². The zero-order chi connectivity index (χ0) is 9.97. The molecule has 5 heteroatoms. The Kier molecular flexibility index (Phi) is 2.41. The molecule has 0 aromatic carbocycles. The molecule has 0 N–H and O–H groups in total. The quantitative estimate of drug-likeness (QED) is 0.770. The van der Waals surface area contributed by atoms with Gasteiger partial charge in [-0.05, 0) is 28.1 Å². The summed E-state index contributed by atoms with van der Waals surface area (Å²) in [5.41, 5.74) is -0.210. The van der Waals surface area contributed by atoms with Gasteiger partial charge in [0.15, 0.2) is 5.82 Å². The predicted molar refractivity (Wildman–Crippen MR) is 55.3 cm³/mol. The SMILES string of the molecule is O=c1cc(Br)cnn1-c1ccccn1.